The predicted octanol–water partition coefficient (Wildman–Crippen LogP) is 4.61. The fraction of sp³-hybridized carbons (Fsp3) is 0.280. The zero-order valence-electron chi connectivity index (χ0n) is 15.8. The topological polar surface area (TPSA) is 75.1 Å². The smallest absolute Gasteiger partial charge is 0.148 e. The van der Waals surface area contributed by atoms with Gasteiger partial charge in [-0.25, -0.2) is 0 Å². The number of aliphatic hydroxyl groups is 1. The van der Waals surface area contributed by atoms with E-state index in [0.717, 1.165) is 38.5 Å². The highest BCUT2D eigenvalue weighted by Gasteiger charge is 2.45. The molecule has 0 amide bonds. The number of hydrogen-bond donors (Lipinski definition) is 2. The highest BCUT2D eigenvalue weighted by atomic mass is 16.3. The van der Waals surface area contributed by atoms with Gasteiger partial charge in [0.2, 0.25) is 0 Å². The number of aromatic nitrogens is 2. The van der Waals surface area contributed by atoms with Crippen LogP contribution in [0.4, 0.5) is 0 Å². The van der Waals surface area contributed by atoms with Crippen LogP contribution >= 0.6 is 0 Å². The molecule has 1 aliphatic heterocycles. The number of aliphatic hydroxyl groups excluding tert-OH is 1. The number of benzene rings is 2. The average Bonchev–Trinajstić information content (AvgIpc) is 3.38. The Hall–Kier alpha value is -3.18. The Morgan fingerprint density at radius 2 is 1.63 bits per heavy atom. The number of para-hydroxylation sites is 2. The van der Waals surface area contributed by atoms with E-state index < -0.39 is 17.9 Å². The van der Waals surface area contributed by atoms with Gasteiger partial charge in [-0.3, -0.25) is 9.59 Å². The van der Waals surface area contributed by atoms with Crippen molar-refractivity contribution >= 4 is 33.4 Å². The molecular formula is C25H24N2O3. The van der Waals surface area contributed by atoms with Gasteiger partial charge in [-0.1, -0.05) is 43.8 Å². The maximum atomic E-state index is 13.0. The maximum absolute atomic E-state index is 13.0. The lowest BCUT2D eigenvalue weighted by Gasteiger charge is -2.20. The van der Waals surface area contributed by atoms with Gasteiger partial charge in [-0.05, 0) is 23.6 Å². The van der Waals surface area contributed by atoms with Gasteiger partial charge >= 0.3 is 0 Å². The number of aryl methyl sites for hydroxylation is 1. The van der Waals surface area contributed by atoms with E-state index in [9.17, 15) is 14.7 Å². The van der Waals surface area contributed by atoms with Crippen molar-refractivity contribution in [1.82, 2.24) is 9.55 Å². The quantitative estimate of drug-likeness (QED) is 0.483. The Labute approximate surface area is 174 Å². The van der Waals surface area contributed by atoms with Crippen molar-refractivity contribution in [3.8, 4) is 0 Å². The van der Waals surface area contributed by atoms with Gasteiger partial charge in [0.1, 0.15) is 11.6 Å². The number of nitrogens with one attached hydrogen (secondary N) is 1. The molecule has 30 heavy (non-hydrogen) atoms. The summed E-state index contributed by atoms with van der Waals surface area (Å²) < 4.78 is 2.13. The number of carbonyl (C=O) groups excluding carboxylic acids is 2. The maximum Gasteiger partial charge on any atom is 0.148 e. The Morgan fingerprint density at radius 3 is 2.47 bits per heavy atom. The SMILES string of the molecule is C.O=C1CC(=O)[C@@H](c2cn3c4c(cccc24)C(O)CC3)[C@@H]1c1c[nH]c2ccccc12. The van der Waals surface area contributed by atoms with Crippen molar-refractivity contribution in [2.45, 2.75) is 44.8 Å². The van der Waals surface area contributed by atoms with Crippen LogP contribution < -0.4 is 0 Å². The second-order valence-corrected chi connectivity index (χ2v) is 8.18. The van der Waals surface area contributed by atoms with Gasteiger partial charge < -0.3 is 14.7 Å². The first-order chi connectivity index (χ1) is 14.1. The molecule has 0 bridgehead atoms. The van der Waals surface area contributed by atoms with Crippen molar-refractivity contribution in [3.05, 3.63) is 71.5 Å². The summed E-state index contributed by atoms with van der Waals surface area (Å²) in [6.45, 7) is 0.710. The summed E-state index contributed by atoms with van der Waals surface area (Å²) in [4.78, 5) is 29.3. The number of aromatic amines is 1. The summed E-state index contributed by atoms with van der Waals surface area (Å²) in [7, 11) is 0. The number of ketones is 2. The number of H-pyrrole nitrogens is 1. The second-order valence-electron chi connectivity index (χ2n) is 8.18. The summed E-state index contributed by atoms with van der Waals surface area (Å²) in [6, 6.07) is 13.8. The molecule has 4 aromatic rings. The van der Waals surface area contributed by atoms with Crippen molar-refractivity contribution in [3.63, 3.8) is 0 Å². The third-order valence-electron chi connectivity index (χ3n) is 6.63. The fourth-order valence-corrected chi connectivity index (χ4v) is 5.35. The second kappa shape index (κ2) is 6.67. The van der Waals surface area contributed by atoms with Crippen molar-refractivity contribution in [1.29, 1.82) is 0 Å². The number of Topliss-reactive ketones (excluding diaryl/α,β-unsaturated/α-hetero) is 2. The molecule has 1 unspecified atom stereocenters. The van der Waals surface area contributed by atoms with Gasteiger partial charge in [0.25, 0.3) is 0 Å². The van der Waals surface area contributed by atoms with Gasteiger partial charge in [-0.15, -0.1) is 0 Å². The molecule has 2 aromatic heterocycles. The van der Waals surface area contributed by atoms with E-state index in [1.165, 1.54) is 0 Å². The molecule has 1 aliphatic carbocycles. The van der Waals surface area contributed by atoms with Gasteiger partial charge in [0.15, 0.2) is 0 Å². The van der Waals surface area contributed by atoms with Gasteiger partial charge in [0, 0.05) is 40.8 Å². The predicted molar refractivity (Wildman–Crippen MR) is 117 cm³/mol. The molecule has 2 aliphatic rings. The van der Waals surface area contributed by atoms with Gasteiger partial charge in [0.05, 0.1) is 29.9 Å². The lowest BCUT2D eigenvalue weighted by molar-refractivity contribution is -0.122. The highest BCUT2D eigenvalue weighted by molar-refractivity contribution is 6.15. The molecule has 0 saturated heterocycles. The standard InChI is InChI=1S/C24H20N2O3.CH4/c27-19-8-9-26-12-17(14-5-3-6-15(19)24(14)26)23-21(29)10-20(28)22(23)16-11-25-18-7-2-1-4-13(16)18;/h1-7,11-12,19,22-23,25,27H,8-10H2;1H4/t19?,22-,23-;/m1./s1. The number of carbonyl (C=O) groups is 2. The molecule has 6 rings (SSSR count). The Balaban J connectivity index is 0.00000193. The summed E-state index contributed by atoms with van der Waals surface area (Å²) in [5.74, 6) is -1.01. The fourth-order valence-electron chi connectivity index (χ4n) is 5.35. The summed E-state index contributed by atoms with van der Waals surface area (Å²) >= 11 is 0. The van der Waals surface area contributed by atoms with E-state index >= 15 is 0 Å². The van der Waals surface area contributed by atoms with E-state index in [4.69, 9.17) is 0 Å². The Bertz CT molecular complexity index is 1310. The molecule has 5 heteroatoms. The molecule has 0 radical (unpaired) electrons. The highest BCUT2D eigenvalue weighted by Crippen LogP contribution is 2.47. The van der Waals surface area contributed by atoms with Crippen molar-refractivity contribution in [2.75, 3.05) is 0 Å². The largest absolute Gasteiger partial charge is 0.388 e. The first-order valence-electron chi connectivity index (χ1n) is 10.0. The minimum atomic E-state index is -0.490. The molecule has 2 aromatic carbocycles. The van der Waals surface area contributed by atoms with E-state index in [0.29, 0.717) is 13.0 Å². The minimum Gasteiger partial charge on any atom is -0.388 e. The lowest BCUT2D eigenvalue weighted by Crippen LogP contribution is -2.14. The van der Waals surface area contributed by atoms with Crippen LogP contribution in [0.2, 0.25) is 0 Å². The van der Waals surface area contributed by atoms with Crippen molar-refractivity contribution < 1.29 is 14.7 Å². The molecule has 5 nitrogen and oxygen atoms in total. The first kappa shape index (κ1) is 18.8. The van der Waals surface area contributed by atoms with Crippen LogP contribution in [0, 0.1) is 0 Å². The van der Waals surface area contributed by atoms with Crippen LogP contribution in [0.15, 0.2) is 54.9 Å². The number of fused-ring (bicyclic) bond motifs is 1. The van der Waals surface area contributed by atoms with Crippen LogP contribution in [0.25, 0.3) is 21.8 Å². The Kier molecular flexibility index (Phi) is 4.19. The summed E-state index contributed by atoms with van der Waals surface area (Å²) in [5, 5.41) is 12.4. The Morgan fingerprint density at radius 1 is 0.900 bits per heavy atom. The normalized spacial score (nSPS) is 23.3. The monoisotopic (exact) mass is 400 g/mol. The molecule has 152 valence electrons. The zero-order chi connectivity index (χ0) is 19.7. The summed E-state index contributed by atoms with van der Waals surface area (Å²) in [5.41, 5.74) is 4.67. The van der Waals surface area contributed by atoms with E-state index in [1.54, 1.807) is 0 Å². The van der Waals surface area contributed by atoms with Gasteiger partial charge in [-0.2, -0.15) is 0 Å². The number of hydrogen-bond acceptors (Lipinski definition) is 3. The number of rotatable bonds is 2. The van der Waals surface area contributed by atoms with E-state index in [-0.39, 0.29) is 25.4 Å². The van der Waals surface area contributed by atoms with Crippen LogP contribution in [-0.4, -0.2) is 26.2 Å². The molecule has 3 atom stereocenters. The molecule has 0 spiro atoms. The summed E-state index contributed by atoms with van der Waals surface area (Å²) in [6.07, 6.45) is 4.06. The van der Waals surface area contributed by atoms with Crippen LogP contribution in [0.1, 0.15) is 54.9 Å². The van der Waals surface area contributed by atoms with Crippen LogP contribution in [-0.2, 0) is 16.1 Å². The molecule has 1 saturated carbocycles. The molecule has 2 N–H and O–H groups in total. The van der Waals surface area contributed by atoms with Crippen LogP contribution in [0.3, 0.4) is 0 Å². The molecular weight excluding hydrogens is 376 g/mol. The molecule has 3 heterocycles. The lowest BCUT2D eigenvalue weighted by atomic mass is 9.82. The number of nitrogens with zero attached hydrogens (tertiary/aromatic N) is 1. The van der Waals surface area contributed by atoms with Crippen molar-refractivity contribution in [2.24, 2.45) is 0 Å². The molecule has 1 fully saturated rings. The minimum absolute atomic E-state index is 0. The van der Waals surface area contributed by atoms with E-state index in [2.05, 4.69) is 9.55 Å². The van der Waals surface area contributed by atoms with E-state index in [1.807, 2.05) is 54.9 Å². The average molecular weight is 400 g/mol. The zero-order valence-corrected chi connectivity index (χ0v) is 15.8. The third kappa shape index (κ3) is 2.45. The first-order valence-corrected chi connectivity index (χ1v) is 10.0. The van der Waals surface area contributed by atoms with Crippen LogP contribution in [0.5, 0.6) is 0 Å². The third-order valence-corrected chi connectivity index (χ3v) is 6.63.